The molecule has 1 aliphatic heterocycles. The first-order chi connectivity index (χ1) is 7.66. The van der Waals surface area contributed by atoms with Gasteiger partial charge in [-0.15, -0.1) is 0 Å². The number of aryl methyl sites for hydroxylation is 1. The fourth-order valence-corrected chi connectivity index (χ4v) is 3.04. The van der Waals surface area contributed by atoms with Crippen LogP contribution in [-0.4, -0.2) is 24.5 Å². The highest BCUT2D eigenvalue weighted by Crippen LogP contribution is 2.17. The van der Waals surface area contributed by atoms with E-state index in [1.807, 2.05) is 0 Å². The SMILES string of the molecule is O=c1c(Br)cc2cnc3nc2n1CCS3=O. The molecule has 2 aromatic heterocycles. The normalized spacial score (nSPS) is 18.9. The Morgan fingerprint density at radius 3 is 3.12 bits per heavy atom. The lowest BCUT2D eigenvalue weighted by Crippen LogP contribution is -2.22. The van der Waals surface area contributed by atoms with Crippen molar-refractivity contribution in [2.75, 3.05) is 5.75 Å². The van der Waals surface area contributed by atoms with Crippen LogP contribution in [0.3, 0.4) is 0 Å². The maximum Gasteiger partial charge on any atom is 0.266 e. The van der Waals surface area contributed by atoms with Crippen LogP contribution in [0.1, 0.15) is 0 Å². The van der Waals surface area contributed by atoms with Crippen LogP contribution in [0, 0.1) is 0 Å². The molecule has 0 radical (unpaired) electrons. The number of hydrogen-bond donors (Lipinski definition) is 0. The second-order valence-corrected chi connectivity index (χ2v) is 5.75. The molecular weight excluding hydrogens is 294 g/mol. The quantitative estimate of drug-likeness (QED) is 0.671. The van der Waals surface area contributed by atoms with Crippen LogP contribution in [0.2, 0.25) is 0 Å². The Labute approximate surface area is 101 Å². The topological polar surface area (TPSA) is 64.8 Å². The molecular formula is C9H6BrN3O2S. The average Bonchev–Trinajstić information content (AvgIpc) is 2.41. The molecule has 7 heteroatoms. The number of halogens is 1. The standard InChI is InChI=1S/C9H6BrN3O2S/c10-6-3-5-4-11-9-12-7(5)13(8(6)14)1-2-16(9)15/h3-4H,1-2H2. The first-order valence-electron chi connectivity index (χ1n) is 4.61. The Kier molecular flexibility index (Phi) is 2.18. The fraction of sp³-hybridized carbons (Fsp3) is 0.222. The molecule has 3 heterocycles. The van der Waals surface area contributed by atoms with E-state index in [0.717, 1.165) is 5.39 Å². The summed E-state index contributed by atoms with van der Waals surface area (Å²) in [6, 6.07) is 1.69. The molecule has 0 fully saturated rings. The molecule has 16 heavy (non-hydrogen) atoms. The molecule has 0 amide bonds. The Bertz CT molecular complexity index is 682. The van der Waals surface area contributed by atoms with Crippen molar-refractivity contribution < 1.29 is 4.21 Å². The zero-order valence-electron chi connectivity index (χ0n) is 8.01. The second kappa shape index (κ2) is 3.46. The lowest BCUT2D eigenvalue weighted by atomic mass is 10.3. The predicted octanol–water partition coefficient (Wildman–Crippen LogP) is 0.675. The van der Waals surface area contributed by atoms with Crippen molar-refractivity contribution in [1.29, 1.82) is 0 Å². The van der Waals surface area contributed by atoms with Gasteiger partial charge in [0.1, 0.15) is 5.65 Å². The Hall–Kier alpha value is -1.08. The minimum atomic E-state index is -1.21. The lowest BCUT2D eigenvalue weighted by molar-refractivity contribution is 0.672. The number of nitrogens with zero attached hydrogens (tertiary/aromatic N) is 3. The zero-order valence-corrected chi connectivity index (χ0v) is 10.4. The molecule has 1 aliphatic rings. The predicted molar refractivity (Wildman–Crippen MR) is 62.8 cm³/mol. The minimum absolute atomic E-state index is 0.143. The van der Waals surface area contributed by atoms with Gasteiger partial charge < -0.3 is 0 Å². The summed E-state index contributed by atoms with van der Waals surface area (Å²) in [6.07, 6.45) is 1.60. The molecule has 2 bridgehead atoms. The Balaban J connectivity index is 2.51. The Morgan fingerprint density at radius 2 is 2.31 bits per heavy atom. The molecule has 0 saturated carbocycles. The van der Waals surface area contributed by atoms with Crippen molar-refractivity contribution in [2.24, 2.45) is 0 Å². The summed E-state index contributed by atoms with van der Waals surface area (Å²) in [4.78, 5) is 20.1. The van der Waals surface area contributed by atoms with Crippen molar-refractivity contribution in [2.45, 2.75) is 11.7 Å². The number of fused-ring (bicyclic) bond motifs is 1. The van der Waals surface area contributed by atoms with Crippen LogP contribution in [0.15, 0.2) is 26.7 Å². The van der Waals surface area contributed by atoms with Gasteiger partial charge in [0.25, 0.3) is 5.56 Å². The van der Waals surface area contributed by atoms with Crippen molar-refractivity contribution in [3.8, 4) is 0 Å². The average molecular weight is 300 g/mol. The lowest BCUT2D eigenvalue weighted by Gasteiger charge is -2.05. The van der Waals surface area contributed by atoms with E-state index in [2.05, 4.69) is 25.9 Å². The molecule has 1 unspecified atom stereocenters. The first kappa shape index (κ1) is 10.1. The third-order valence-electron chi connectivity index (χ3n) is 2.47. The molecule has 0 saturated heterocycles. The highest BCUT2D eigenvalue weighted by atomic mass is 79.9. The summed E-state index contributed by atoms with van der Waals surface area (Å²) >= 11 is 3.20. The van der Waals surface area contributed by atoms with Gasteiger partial charge in [0.15, 0.2) is 0 Å². The van der Waals surface area contributed by atoms with E-state index in [9.17, 15) is 9.00 Å². The van der Waals surface area contributed by atoms with Gasteiger partial charge in [-0.1, -0.05) is 0 Å². The maximum absolute atomic E-state index is 11.9. The summed E-state index contributed by atoms with van der Waals surface area (Å²) in [5.41, 5.74) is 0.417. The van der Waals surface area contributed by atoms with Crippen LogP contribution < -0.4 is 5.56 Å². The van der Waals surface area contributed by atoms with E-state index in [1.165, 1.54) is 4.57 Å². The van der Waals surface area contributed by atoms with Crippen molar-refractivity contribution in [1.82, 2.24) is 14.5 Å². The molecule has 3 rings (SSSR count). The number of rotatable bonds is 0. The number of hydrogen-bond acceptors (Lipinski definition) is 4. The monoisotopic (exact) mass is 299 g/mol. The molecule has 0 aliphatic carbocycles. The van der Waals surface area contributed by atoms with E-state index >= 15 is 0 Å². The van der Waals surface area contributed by atoms with Gasteiger partial charge in [0.2, 0.25) is 5.16 Å². The zero-order chi connectivity index (χ0) is 11.3. The van der Waals surface area contributed by atoms with E-state index < -0.39 is 10.8 Å². The summed E-state index contributed by atoms with van der Waals surface area (Å²) < 4.78 is 13.7. The first-order valence-corrected chi connectivity index (χ1v) is 6.72. The molecule has 2 aromatic rings. The third-order valence-corrected chi connectivity index (χ3v) is 4.19. The molecule has 0 N–H and O–H groups in total. The smallest absolute Gasteiger partial charge is 0.266 e. The van der Waals surface area contributed by atoms with E-state index in [1.54, 1.807) is 12.3 Å². The van der Waals surface area contributed by atoms with Gasteiger partial charge in [-0.3, -0.25) is 13.6 Å². The van der Waals surface area contributed by atoms with Gasteiger partial charge in [-0.25, -0.2) is 9.97 Å². The minimum Gasteiger partial charge on any atom is -0.291 e. The van der Waals surface area contributed by atoms with Crippen LogP contribution >= 0.6 is 15.9 Å². The molecule has 5 nitrogen and oxygen atoms in total. The molecule has 82 valence electrons. The number of aromatic nitrogens is 3. The third kappa shape index (κ3) is 1.35. The molecule has 1 atom stereocenters. The van der Waals surface area contributed by atoms with E-state index in [4.69, 9.17) is 0 Å². The summed E-state index contributed by atoms with van der Waals surface area (Å²) in [5, 5.41) is 1.08. The van der Waals surface area contributed by atoms with Crippen molar-refractivity contribution in [3.63, 3.8) is 0 Å². The fourth-order valence-electron chi connectivity index (χ4n) is 1.69. The van der Waals surface area contributed by atoms with Crippen LogP contribution in [0.4, 0.5) is 0 Å². The van der Waals surface area contributed by atoms with Gasteiger partial charge >= 0.3 is 0 Å². The van der Waals surface area contributed by atoms with Gasteiger partial charge in [0.05, 0.1) is 15.3 Å². The molecule has 0 aromatic carbocycles. The summed E-state index contributed by atoms with van der Waals surface area (Å²) in [5.74, 6) is 0.374. The van der Waals surface area contributed by atoms with Crippen LogP contribution in [-0.2, 0) is 17.3 Å². The highest BCUT2D eigenvalue weighted by Gasteiger charge is 2.17. The van der Waals surface area contributed by atoms with Gasteiger partial charge in [-0.2, -0.15) is 0 Å². The van der Waals surface area contributed by atoms with Crippen molar-refractivity contribution in [3.05, 3.63) is 27.1 Å². The Morgan fingerprint density at radius 1 is 1.50 bits per heavy atom. The molecule has 0 spiro atoms. The van der Waals surface area contributed by atoms with E-state index in [-0.39, 0.29) is 5.56 Å². The van der Waals surface area contributed by atoms with Gasteiger partial charge in [0, 0.05) is 23.9 Å². The largest absolute Gasteiger partial charge is 0.291 e. The summed E-state index contributed by atoms with van der Waals surface area (Å²) in [7, 11) is -1.21. The number of pyridine rings is 1. The van der Waals surface area contributed by atoms with Crippen LogP contribution in [0.25, 0.3) is 11.0 Å². The summed E-state index contributed by atoms with van der Waals surface area (Å²) in [6.45, 7) is 0.406. The van der Waals surface area contributed by atoms with Gasteiger partial charge in [-0.05, 0) is 22.0 Å². The maximum atomic E-state index is 11.9. The van der Waals surface area contributed by atoms with Crippen LogP contribution in [0.5, 0.6) is 0 Å². The second-order valence-electron chi connectivity index (χ2n) is 3.43. The van der Waals surface area contributed by atoms with E-state index in [0.29, 0.717) is 27.6 Å². The highest BCUT2D eigenvalue weighted by molar-refractivity contribution is 9.10. The van der Waals surface area contributed by atoms with Crippen molar-refractivity contribution >= 4 is 37.8 Å².